The number of H-pyrrole nitrogens is 2. The lowest BCUT2D eigenvalue weighted by Crippen LogP contribution is -2.06. The summed E-state index contributed by atoms with van der Waals surface area (Å²) in [7, 11) is 1.57. The van der Waals surface area contributed by atoms with Crippen LogP contribution >= 0.6 is 11.6 Å². The third-order valence-corrected chi connectivity index (χ3v) is 2.84. The summed E-state index contributed by atoms with van der Waals surface area (Å²) in [5.41, 5.74) is 2.01. The first-order chi connectivity index (χ1) is 9.20. The molecule has 1 aromatic carbocycles. The maximum atomic E-state index is 11.6. The number of halogens is 1. The third-order valence-electron chi connectivity index (χ3n) is 2.59. The van der Waals surface area contributed by atoms with E-state index in [1.54, 1.807) is 13.3 Å². The first-order valence-electron chi connectivity index (χ1n) is 5.73. The largest absolute Gasteiger partial charge is 0.378 e. The van der Waals surface area contributed by atoms with Crippen LogP contribution in [-0.2, 0) is 17.9 Å². The van der Waals surface area contributed by atoms with E-state index in [-0.39, 0.29) is 5.56 Å². The van der Waals surface area contributed by atoms with Crippen molar-refractivity contribution in [3.8, 4) is 0 Å². The van der Waals surface area contributed by atoms with Crippen LogP contribution in [0.3, 0.4) is 0 Å². The van der Waals surface area contributed by atoms with Gasteiger partial charge in [-0.25, -0.2) is 0 Å². The van der Waals surface area contributed by atoms with E-state index in [2.05, 4.69) is 15.2 Å². The molecular weight excluding hydrogens is 266 g/mol. The van der Waals surface area contributed by atoms with Gasteiger partial charge in [-0.05, 0) is 17.7 Å². The monoisotopic (exact) mass is 279 g/mol. The summed E-state index contributed by atoms with van der Waals surface area (Å²) in [4.78, 5) is 15.8. The first-order valence-corrected chi connectivity index (χ1v) is 6.11. The molecule has 2 N–H and O–H groups in total. The van der Waals surface area contributed by atoms with Crippen molar-refractivity contribution >= 4 is 17.8 Å². The van der Waals surface area contributed by atoms with Gasteiger partial charge in [-0.3, -0.25) is 20.0 Å². The summed E-state index contributed by atoms with van der Waals surface area (Å²) in [5, 5.41) is 5.96. The predicted molar refractivity (Wildman–Crippen MR) is 74.9 cm³/mol. The quantitative estimate of drug-likeness (QED) is 0.823. The zero-order valence-corrected chi connectivity index (χ0v) is 11.2. The SMILES string of the molecule is COCc1[nH][nH]c(=O)c1C=NCc1ccc(Cl)cc1. The highest BCUT2D eigenvalue weighted by atomic mass is 35.5. The van der Waals surface area contributed by atoms with Gasteiger partial charge in [0, 0.05) is 18.3 Å². The van der Waals surface area contributed by atoms with Gasteiger partial charge in [-0.2, -0.15) is 0 Å². The van der Waals surface area contributed by atoms with Crippen molar-refractivity contribution in [2.75, 3.05) is 7.11 Å². The van der Waals surface area contributed by atoms with Crippen LogP contribution in [0, 0.1) is 0 Å². The van der Waals surface area contributed by atoms with Crippen LogP contribution < -0.4 is 5.56 Å². The Kier molecular flexibility index (Phi) is 4.54. The number of hydrogen-bond donors (Lipinski definition) is 2. The Morgan fingerprint density at radius 3 is 2.74 bits per heavy atom. The number of nitrogens with zero attached hydrogens (tertiary/aromatic N) is 1. The summed E-state index contributed by atoms with van der Waals surface area (Å²) in [6, 6.07) is 7.42. The average Bonchev–Trinajstić information content (AvgIpc) is 2.74. The van der Waals surface area contributed by atoms with E-state index in [1.807, 2.05) is 24.3 Å². The Morgan fingerprint density at radius 1 is 1.32 bits per heavy atom. The number of aromatic nitrogens is 2. The van der Waals surface area contributed by atoms with Gasteiger partial charge in [-0.15, -0.1) is 0 Å². The number of ether oxygens (including phenoxy) is 1. The minimum atomic E-state index is -0.202. The second-order valence-corrected chi connectivity index (χ2v) is 4.44. The number of aliphatic imine (C=N–C) groups is 1. The molecule has 0 atom stereocenters. The highest BCUT2D eigenvalue weighted by molar-refractivity contribution is 6.30. The maximum Gasteiger partial charge on any atom is 0.273 e. The molecule has 100 valence electrons. The van der Waals surface area contributed by atoms with Gasteiger partial charge in [-0.1, -0.05) is 23.7 Å². The zero-order valence-electron chi connectivity index (χ0n) is 10.4. The molecule has 19 heavy (non-hydrogen) atoms. The molecule has 0 aliphatic carbocycles. The summed E-state index contributed by atoms with van der Waals surface area (Å²) in [6.07, 6.45) is 1.55. The van der Waals surface area contributed by atoms with E-state index >= 15 is 0 Å². The van der Waals surface area contributed by atoms with Crippen molar-refractivity contribution in [3.05, 3.63) is 56.5 Å². The average molecular weight is 280 g/mol. The molecule has 0 aliphatic heterocycles. The Balaban J connectivity index is 2.08. The number of benzene rings is 1. The van der Waals surface area contributed by atoms with E-state index in [4.69, 9.17) is 16.3 Å². The van der Waals surface area contributed by atoms with Crippen LogP contribution in [0.5, 0.6) is 0 Å². The fourth-order valence-electron chi connectivity index (χ4n) is 1.63. The molecule has 0 unspecified atom stereocenters. The topological polar surface area (TPSA) is 70.2 Å². The second-order valence-electron chi connectivity index (χ2n) is 4.00. The van der Waals surface area contributed by atoms with Crippen LogP contribution in [0.25, 0.3) is 0 Å². The van der Waals surface area contributed by atoms with E-state index < -0.39 is 0 Å². The highest BCUT2D eigenvalue weighted by Gasteiger charge is 2.06. The number of hydrogen-bond acceptors (Lipinski definition) is 3. The maximum absolute atomic E-state index is 11.6. The fraction of sp³-hybridized carbons (Fsp3) is 0.231. The summed E-state index contributed by atoms with van der Waals surface area (Å²) in [6.45, 7) is 0.829. The standard InChI is InChI=1S/C13H14ClN3O2/c1-19-8-12-11(13(18)17-16-12)7-15-6-9-2-4-10(14)5-3-9/h2-5,7H,6,8H2,1H3,(H2,16,17,18). The molecule has 1 heterocycles. The van der Waals surface area contributed by atoms with Gasteiger partial charge in [0.05, 0.1) is 24.4 Å². The third kappa shape index (κ3) is 3.56. The minimum Gasteiger partial charge on any atom is -0.378 e. The molecular formula is C13H14ClN3O2. The van der Waals surface area contributed by atoms with Gasteiger partial charge in [0.15, 0.2) is 0 Å². The van der Waals surface area contributed by atoms with Gasteiger partial charge in [0.1, 0.15) is 0 Å². The number of aromatic amines is 2. The van der Waals surface area contributed by atoms with Crippen LogP contribution in [0.15, 0.2) is 34.1 Å². The molecule has 2 aromatic rings. The Morgan fingerprint density at radius 2 is 2.05 bits per heavy atom. The first kappa shape index (κ1) is 13.6. The van der Waals surface area contributed by atoms with Crippen molar-refractivity contribution in [1.29, 1.82) is 0 Å². The molecule has 0 aliphatic rings. The van der Waals surface area contributed by atoms with Gasteiger partial charge >= 0.3 is 0 Å². The lowest BCUT2D eigenvalue weighted by atomic mass is 10.2. The Bertz CT molecular complexity index is 614. The van der Waals surface area contributed by atoms with Crippen molar-refractivity contribution in [1.82, 2.24) is 10.2 Å². The van der Waals surface area contributed by atoms with E-state index in [0.717, 1.165) is 5.56 Å². The molecule has 1 aromatic heterocycles. The van der Waals surface area contributed by atoms with Crippen molar-refractivity contribution < 1.29 is 4.74 Å². The molecule has 2 rings (SSSR count). The molecule has 0 fully saturated rings. The van der Waals surface area contributed by atoms with E-state index in [0.29, 0.717) is 29.4 Å². The van der Waals surface area contributed by atoms with Crippen molar-refractivity contribution in [2.45, 2.75) is 13.2 Å². The summed E-state index contributed by atoms with van der Waals surface area (Å²) in [5.74, 6) is 0. The Hall–Kier alpha value is -1.85. The second kappa shape index (κ2) is 6.36. The number of nitrogens with one attached hydrogen (secondary N) is 2. The van der Waals surface area contributed by atoms with E-state index in [9.17, 15) is 4.79 Å². The molecule has 0 saturated carbocycles. The molecule has 0 bridgehead atoms. The molecule has 0 radical (unpaired) electrons. The van der Waals surface area contributed by atoms with Gasteiger partial charge in [0.2, 0.25) is 0 Å². The van der Waals surface area contributed by atoms with Crippen LogP contribution in [0.4, 0.5) is 0 Å². The molecule has 0 amide bonds. The van der Waals surface area contributed by atoms with E-state index in [1.165, 1.54) is 0 Å². The van der Waals surface area contributed by atoms with Crippen molar-refractivity contribution in [3.63, 3.8) is 0 Å². The number of rotatable bonds is 5. The zero-order chi connectivity index (χ0) is 13.7. The van der Waals surface area contributed by atoms with Gasteiger partial charge < -0.3 is 4.74 Å². The lowest BCUT2D eigenvalue weighted by Gasteiger charge is -1.97. The summed E-state index contributed by atoms with van der Waals surface area (Å²) >= 11 is 5.80. The summed E-state index contributed by atoms with van der Waals surface area (Å²) < 4.78 is 4.99. The van der Waals surface area contributed by atoms with Gasteiger partial charge in [0.25, 0.3) is 5.56 Å². The predicted octanol–water partition coefficient (Wildman–Crippen LogP) is 2.12. The van der Waals surface area contributed by atoms with Crippen LogP contribution in [0.2, 0.25) is 5.02 Å². The molecule has 0 spiro atoms. The molecule has 5 nitrogen and oxygen atoms in total. The van der Waals surface area contributed by atoms with Crippen molar-refractivity contribution in [2.24, 2.45) is 4.99 Å². The Labute approximate surface area is 115 Å². The minimum absolute atomic E-state index is 0.202. The molecule has 6 heteroatoms. The normalized spacial score (nSPS) is 11.3. The number of methoxy groups -OCH3 is 1. The smallest absolute Gasteiger partial charge is 0.273 e. The fourth-order valence-corrected chi connectivity index (χ4v) is 1.76. The molecule has 0 saturated heterocycles. The highest BCUT2D eigenvalue weighted by Crippen LogP contribution is 2.10. The van der Waals surface area contributed by atoms with Crippen LogP contribution in [0.1, 0.15) is 16.8 Å². The van der Waals surface area contributed by atoms with Crippen LogP contribution in [-0.4, -0.2) is 23.5 Å². The lowest BCUT2D eigenvalue weighted by molar-refractivity contribution is 0.181.